The molecular formula is C13H19N3O2. The van der Waals surface area contributed by atoms with E-state index in [1.54, 1.807) is 18.2 Å². The lowest BCUT2D eigenvalue weighted by Crippen LogP contribution is -2.35. The second kappa shape index (κ2) is 4.86. The molecule has 4 N–H and O–H groups in total. The third-order valence-corrected chi connectivity index (χ3v) is 3.30. The highest BCUT2D eigenvalue weighted by Crippen LogP contribution is 2.22. The van der Waals surface area contributed by atoms with E-state index in [0.717, 1.165) is 0 Å². The Labute approximate surface area is 106 Å². The summed E-state index contributed by atoms with van der Waals surface area (Å²) in [6.45, 7) is 4.33. The highest BCUT2D eigenvalue weighted by Gasteiger charge is 2.22. The second-order valence-corrected chi connectivity index (χ2v) is 4.53. The minimum Gasteiger partial charge on any atom is -0.424 e. The van der Waals surface area contributed by atoms with Crippen molar-refractivity contribution in [1.82, 2.24) is 4.98 Å². The molecule has 0 aliphatic heterocycles. The number of nitrogens with one attached hydrogen (secondary N) is 1. The van der Waals surface area contributed by atoms with Gasteiger partial charge in [-0.3, -0.25) is 0 Å². The molecule has 0 aliphatic carbocycles. The van der Waals surface area contributed by atoms with E-state index in [0.29, 0.717) is 42.2 Å². The zero-order valence-corrected chi connectivity index (χ0v) is 10.7. The van der Waals surface area contributed by atoms with E-state index in [2.05, 4.69) is 10.3 Å². The third-order valence-electron chi connectivity index (χ3n) is 3.30. The van der Waals surface area contributed by atoms with Gasteiger partial charge >= 0.3 is 0 Å². The molecule has 0 spiro atoms. The van der Waals surface area contributed by atoms with Crippen molar-refractivity contribution < 1.29 is 9.52 Å². The summed E-state index contributed by atoms with van der Waals surface area (Å²) in [5, 5.41) is 13.2. The number of hydrogen-bond acceptors (Lipinski definition) is 5. The molecule has 2 rings (SSSR count). The highest BCUT2D eigenvalue weighted by atomic mass is 16.4. The van der Waals surface area contributed by atoms with Gasteiger partial charge in [0.1, 0.15) is 5.52 Å². The molecule has 0 unspecified atom stereocenters. The Balaban J connectivity index is 2.13. The molecule has 98 valence electrons. The maximum absolute atomic E-state index is 10.2. The molecule has 1 aromatic heterocycles. The largest absolute Gasteiger partial charge is 0.424 e. The van der Waals surface area contributed by atoms with Crippen molar-refractivity contribution in [3.63, 3.8) is 0 Å². The van der Waals surface area contributed by atoms with E-state index in [9.17, 15) is 5.11 Å². The van der Waals surface area contributed by atoms with E-state index in [4.69, 9.17) is 10.2 Å². The van der Waals surface area contributed by atoms with Gasteiger partial charge in [-0.25, -0.2) is 0 Å². The van der Waals surface area contributed by atoms with Crippen LogP contribution in [0.5, 0.6) is 0 Å². The Kier molecular flexibility index (Phi) is 3.43. The van der Waals surface area contributed by atoms with Crippen molar-refractivity contribution in [2.24, 2.45) is 0 Å². The molecule has 18 heavy (non-hydrogen) atoms. The molecule has 0 amide bonds. The van der Waals surface area contributed by atoms with Crippen LogP contribution in [-0.4, -0.2) is 22.2 Å². The van der Waals surface area contributed by atoms with E-state index < -0.39 is 5.60 Å². The zero-order valence-electron chi connectivity index (χ0n) is 10.7. The quantitative estimate of drug-likeness (QED) is 0.708. The lowest BCUT2D eigenvalue weighted by atomic mass is 9.98. The summed E-state index contributed by atoms with van der Waals surface area (Å²) in [5.41, 5.74) is 7.01. The normalized spacial score (nSPS) is 11.9. The van der Waals surface area contributed by atoms with Crippen LogP contribution in [0.4, 0.5) is 11.7 Å². The van der Waals surface area contributed by atoms with Crippen LogP contribution in [0.2, 0.25) is 0 Å². The zero-order chi connectivity index (χ0) is 13.2. The van der Waals surface area contributed by atoms with Gasteiger partial charge in [-0.2, -0.15) is 4.98 Å². The summed E-state index contributed by atoms with van der Waals surface area (Å²) < 4.78 is 5.52. The predicted molar refractivity (Wildman–Crippen MR) is 72.4 cm³/mol. The molecule has 1 aromatic carbocycles. The maximum atomic E-state index is 10.2. The average Bonchev–Trinajstić information content (AvgIpc) is 2.78. The van der Waals surface area contributed by atoms with Gasteiger partial charge in [0.2, 0.25) is 0 Å². The molecule has 0 bridgehead atoms. The number of hydrogen-bond donors (Lipinski definition) is 3. The number of fused-ring (bicyclic) bond motifs is 1. The summed E-state index contributed by atoms with van der Waals surface area (Å²) in [6, 6.07) is 5.73. The molecule has 5 heteroatoms. The number of nitrogen functional groups attached to an aromatic ring is 1. The fraction of sp³-hybridized carbons (Fsp3) is 0.462. The molecule has 0 saturated carbocycles. The van der Waals surface area contributed by atoms with Crippen LogP contribution in [-0.2, 0) is 0 Å². The molecule has 2 aromatic rings. The lowest BCUT2D eigenvalue weighted by Gasteiger charge is -2.24. The number of oxazole rings is 1. The lowest BCUT2D eigenvalue weighted by molar-refractivity contribution is 0.0452. The molecule has 1 heterocycles. The van der Waals surface area contributed by atoms with Crippen LogP contribution < -0.4 is 11.1 Å². The van der Waals surface area contributed by atoms with Crippen molar-refractivity contribution in [3.05, 3.63) is 18.2 Å². The van der Waals surface area contributed by atoms with Gasteiger partial charge < -0.3 is 20.6 Å². The van der Waals surface area contributed by atoms with Crippen molar-refractivity contribution in [2.45, 2.75) is 32.3 Å². The summed E-state index contributed by atoms with van der Waals surface area (Å²) >= 11 is 0. The van der Waals surface area contributed by atoms with Crippen LogP contribution in [0.15, 0.2) is 22.6 Å². The second-order valence-electron chi connectivity index (χ2n) is 4.53. The Morgan fingerprint density at radius 1 is 1.39 bits per heavy atom. The minimum atomic E-state index is -0.723. The van der Waals surface area contributed by atoms with E-state index in [1.165, 1.54) is 0 Å². The van der Waals surface area contributed by atoms with Crippen LogP contribution in [0.3, 0.4) is 0 Å². The molecule has 0 aliphatic rings. The van der Waals surface area contributed by atoms with Gasteiger partial charge in [0.25, 0.3) is 6.01 Å². The Bertz CT molecular complexity index is 532. The van der Waals surface area contributed by atoms with Gasteiger partial charge in [0.05, 0.1) is 5.60 Å². The van der Waals surface area contributed by atoms with Crippen molar-refractivity contribution in [1.29, 1.82) is 0 Å². The fourth-order valence-corrected chi connectivity index (χ4v) is 1.76. The van der Waals surface area contributed by atoms with Gasteiger partial charge in [-0.15, -0.1) is 0 Å². The first-order valence-electron chi connectivity index (χ1n) is 6.18. The van der Waals surface area contributed by atoms with Gasteiger partial charge in [0, 0.05) is 12.2 Å². The first-order chi connectivity index (χ1) is 8.56. The fourth-order valence-electron chi connectivity index (χ4n) is 1.76. The van der Waals surface area contributed by atoms with Crippen molar-refractivity contribution >= 4 is 22.8 Å². The number of aromatic nitrogens is 1. The molecule has 0 radical (unpaired) electrons. The number of rotatable bonds is 5. The molecule has 0 fully saturated rings. The molecular weight excluding hydrogens is 230 g/mol. The topological polar surface area (TPSA) is 84.3 Å². The Morgan fingerprint density at radius 2 is 2.11 bits per heavy atom. The molecule has 5 nitrogen and oxygen atoms in total. The summed E-state index contributed by atoms with van der Waals surface area (Å²) in [4.78, 5) is 4.28. The number of nitrogens with two attached hydrogens (primary N) is 1. The predicted octanol–water partition coefficient (Wildman–Crippen LogP) is 2.37. The average molecular weight is 249 g/mol. The van der Waals surface area contributed by atoms with Crippen LogP contribution in [0.25, 0.3) is 11.1 Å². The van der Waals surface area contributed by atoms with E-state index in [1.807, 2.05) is 13.8 Å². The summed E-state index contributed by atoms with van der Waals surface area (Å²) in [5.74, 6) is 0. The van der Waals surface area contributed by atoms with Crippen molar-refractivity contribution in [3.8, 4) is 0 Å². The highest BCUT2D eigenvalue weighted by molar-refractivity contribution is 5.78. The molecule has 0 atom stereocenters. The van der Waals surface area contributed by atoms with Gasteiger partial charge in [-0.1, -0.05) is 13.8 Å². The van der Waals surface area contributed by atoms with Crippen molar-refractivity contribution in [2.75, 3.05) is 17.6 Å². The Hall–Kier alpha value is -1.75. The van der Waals surface area contributed by atoms with E-state index >= 15 is 0 Å². The molecule has 0 saturated heterocycles. The van der Waals surface area contributed by atoms with Gasteiger partial charge in [-0.05, 0) is 31.0 Å². The first-order valence-corrected chi connectivity index (χ1v) is 6.18. The maximum Gasteiger partial charge on any atom is 0.295 e. The van der Waals surface area contributed by atoms with E-state index in [-0.39, 0.29) is 0 Å². The number of benzene rings is 1. The summed E-state index contributed by atoms with van der Waals surface area (Å²) in [7, 11) is 0. The number of anilines is 2. The SMILES string of the molecule is CCC(O)(CC)CNc1nc2cc(N)ccc2o1. The Morgan fingerprint density at radius 3 is 2.78 bits per heavy atom. The van der Waals surface area contributed by atoms with Crippen LogP contribution >= 0.6 is 0 Å². The van der Waals surface area contributed by atoms with Crippen LogP contribution in [0.1, 0.15) is 26.7 Å². The monoisotopic (exact) mass is 249 g/mol. The standard InChI is InChI=1S/C13H19N3O2/c1-3-13(17,4-2)8-15-12-16-10-7-9(14)5-6-11(10)18-12/h5-7,17H,3-4,8,14H2,1-2H3,(H,15,16). The smallest absolute Gasteiger partial charge is 0.295 e. The summed E-state index contributed by atoms with van der Waals surface area (Å²) in [6.07, 6.45) is 1.37. The minimum absolute atomic E-state index is 0.413. The number of aliphatic hydroxyl groups is 1. The third kappa shape index (κ3) is 2.56. The first kappa shape index (κ1) is 12.7. The van der Waals surface area contributed by atoms with Crippen LogP contribution in [0, 0.1) is 0 Å². The van der Waals surface area contributed by atoms with Gasteiger partial charge in [0.15, 0.2) is 5.58 Å². The number of nitrogens with zero attached hydrogens (tertiary/aromatic N) is 1.